The zero-order chi connectivity index (χ0) is 19.3. The lowest BCUT2D eigenvalue weighted by molar-refractivity contribution is -0.115. The summed E-state index contributed by atoms with van der Waals surface area (Å²) in [7, 11) is 0. The molecule has 0 saturated carbocycles. The van der Waals surface area contributed by atoms with E-state index in [0.29, 0.717) is 17.7 Å². The van der Waals surface area contributed by atoms with E-state index in [4.69, 9.17) is 0 Å². The van der Waals surface area contributed by atoms with Gasteiger partial charge in [-0.2, -0.15) is 0 Å². The molecule has 0 bridgehead atoms. The summed E-state index contributed by atoms with van der Waals surface area (Å²) in [5.74, 6) is -0.0382. The maximum atomic E-state index is 12.7. The van der Waals surface area contributed by atoms with Crippen molar-refractivity contribution in [1.82, 2.24) is 4.90 Å². The van der Waals surface area contributed by atoms with E-state index in [1.54, 1.807) is 6.07 Å². The van der Waals surface area contributed by atoms with Crippen LogP contribution in [0.15, 0.2) is 66.7 Å². The summed E-state index contributed by atoms with van der Waals surface area (Å²) >= 11 is 0. The number of anilines is 1. The van der Waals surface area contributed by atoms with Crippen LogP contribution >= 0.6 is 0 Å². The van der Waals surface area contributed by atoms with Crippen molar-refractivity contribution < 1.29 is 9.59 Å². The molecular weight excluding hydrogens is 348 g/mol. The minimum atomic E-state index is -0.0843. The van der Waals surface area contributed by atoms with Gasteiger partial charge in [0.15, 0.2) is 0 Å². The molecule has 4 nitrogen and oxygen atoms in total. The van der Waals surface area contributed by atoms with Gasteiger partial charge < -0.3 is 10.2 Å². The third-order valence-corrected chi connectivity index (χ3v) is 5.27. The van der Waals surface area contributed by atoms with Crippen molar-refractivity contribution in [2.45, 2.75) is 25.7 Å². The molecule has 28 heavy (non-hydrogen) atoms. The van der Waals surface area contributed by atoms with Crippen LogP contribution < -0.4 is 5.32 Å². The average molecular weight is 372 g/mol. The highest BCUT2D eigenvalue weighted by Crippen LogP contribution is 2.20. The molecule has 0 aliphatic carbocycles. The van der Waals surface area contributed by atoms with Gasteiger partial charge in [0.25, 0.3) is 5.91 Å². The summed E-state index contributed by atoms with van der Waals surface area (Å²) in [5, 5.41) is 5.16. The molecule has 3 aromatic rings. The Labute approximate surface area is 165 Å². The molecule has 1 aliphatic heterocycles. The number of nitrogens with one attached hydrogen (secondary N) is 1. The molecule has 1 heterocycles. The van der Waals surface area contributed by atoms with E-state index in [2.05, 4.69) is 5.32 Å². The third-order valence-electron chi connectivity index (χ3n) is 5.27. The van der Waals surface area contributed by atoms with E-state index in [1.807, 2.05) is 65.6 Å². The number of rotatable bonds is 4. The van der Waals surface area contributed by atoms with E-state index in [9.17, 15) is 9.59 Å². The fourth-order valence-electron chi connectivity index (χ4n) is 3.83. The Morgan fingerprint density at radius 2 is 1.61 bits per heavy atom. The van der Waals surface area contributed by atoms with Crippen LogP contribution in [-0.4, -0.2) is 29.8 Å². The molecule has 1 saturated heterocycles. The van der Waals surface area contributed by atoms with Crippen LogP contribution in [0.2, 0.25) is 0 Å². The highest BCUT2D eigenvalue weighted by atomic mass is 16.2. The van der Waals surface area contributed by atoms with Gasteiger partial charge in [-0.3, -0.25) is 9.59 Å². The summed E-state index contributed by atoms with van der Waals surface area (Å²) < 4.78 is 0. The van der Waals surface area contributed by atoms with Gasteiger partial charge in [-0.1, -0.05) is 48.5 Å². The summed E-state index contributed by atoms with van der Waals surface area (Å²) in [4.78, 5) is 27.2. The van der Waals surface area contributed by atoms with E-state index >= 15 is 0 Å². The predicted octanol–water partition coefficient (Wildman–Crippen LogP) is 4.65. The van der Waals surface area contributed by atoms with E-state index in [1.165, 1.54) is 6.42 Å². The first-order valence-corrected chi connectivity index (χ1v) is 9.86. The van der Waals surface area contributed by atoms with Crippen LogP contribution in [0.25, 0.3) is 10.8 Å². The molecular formula is C24H24N2O2. The SMILES string of the molecule is O=C(Cc1cccc2ccccc12)Nc1cccc(C(=O)N2CCCCC2)c1. The normalized spacial score (nSPS) is 14.1. The third kappa shape index (κ3) is 4.06. The van der Waals surface area contributed by atoms with Crippen LogP contribution in [0.1, 0.15) is 35.2 Å². The number of carbonyl (C=O) groups excluding carboxylic acids is 2. The molecule has 4 heteroatoms. The van der Waals surface area contributed by atoms with Crippen molar-refractivity contribution in [2.24, 2.45) is 0 Å². The Morgan fingerprint density at radius 1 is 0.857 bits per heavy atom. The highest BCUT2D eigenvalue weighted by molar-refractivity contribution is 5.99. The van der Waals surface area contributed by atoms with Gasteiger partial charge in [0.2, 0.25) is 5.91 Å². The van der Waals surface area contributed by atoms with Crippen molar-refractivity contribution in [2.75, 3.05) is 18.4 Å². The van der Waals surface area contributed by atoms with Crippen molar-refractivity contribution in [1.29, 1.82) is 0 Å². The first kappa shape index (κ1) is 18.2. The van der Waals surface area contributed by atoms with Gasteiger partial charge in [0.1, 0.15) is 0 Å². The number of fused-ring (bicyclic) bond motifs is 1. The molecule has 142 valence electrons. The standard InChI is InChI=1S/C24H24N2O2/c27-23(17-19-10-6-9-18-8-2-3-13-22(18)19)25-21-12-7-11-20(16-21)24(28)26-14-4-1-5-15-26/h2-3,6-13,16H,1,4-5,14-15,17H2,(H,25,27). The fraction of sp³-hybridized carbons (Fsp3) is 0.250. The minimum Gasteiger partial charge on any atom is -0.339 e. The Hall–Kier alpha value is -3.14. The summed E-state index contributed by atoms with van der Waals surface area (Å²) in [6.45, 7) is 1.63. The number of hydrogen-bond acceptors (Lipinski definition) is 2. The monoisotopic (exact) mass is 372 g/mol. The lowest BCUT2D eigenvalue weighted by Gasteiger charge is -2.26. The van der Waals surface area contributed by atoms with Gasteiger partial charge in [-0.05, 0) is 53.8 Å². The summed E-state index contributed by atoms with van der Waals surface area (Å²) in [6.07, 6.45) is 3.61. The van der Waals surface area contributed by atoms with E-state index in [0.717, 1.165) is 42.3 Å². The molecule has 1 aliphatic rings. The topological polar surface area (TPSA) is 49.4 Å². The van der Waals surface area contributed by atoms with Crippen molar-refractivity contribution in [3.8, 4) is 0 Å². The zero-order valence-electron chi connectivity index (χ0n) is 15.9. The van der Waals surface area contributed by atoms with Crippen molar-refractivity contribution in [3.05, 3.63) is 77.9 Å². The Bertz CT molecular complexity index is 1000. The minimum absolute atomic E-state index is 0.0462. The molecule has 0 aromatic heterocycles. The molecule has 1 N–H and O–H groups in total. The Kier molecular flexibility index (Phi) is 5.38. The largest absolute Gasteiger partial charge is 0.339 e. The van der Waals surface area contributed by atoms with Gasteiger partial charge >= 0.3 is 0 Å². The fourth-order valence-corrected chi connectivity index (χ4v) is 3.83. The van der Waals surface area contributed by atoms with Crippen LogP contribution in [0, 0.1) is 0 Å². The Morgan fingerprint density at radius 3 is 2.46 bits per heavy atom. The second kappa shape index (κ2) is 8.26. The quantitative estimate of drug-likeness (QED) is 0.725. The molecule has 1 fully saturated rings. The van der Waals surface area contributed by atoms with Crippen LogP contribution in [0.5, 0.6) is 0 Å². The summed E-state index contributed by atoms with van der Waals surface area (Å²) in [6, 6.07) is 21.3. The first-order valence-electron chi connectivity index (χ1n) is 9.86. The number of piperidine rings is 1. The average Bonchev–Trinajstić information content (AvgIpc) is 2.74. The second-order valence-corrected chi connectivity index (χ2v) is 7.30. The van der Waals surface area contributed by atoms with Gasteiger partial charge in [0, 0.05) is 24.3 Å². The van der Waals surface area contributed by atoms with E-state index < -0.39 is 0 Å². The van der Waals surface area contributed by atoms with Crippen LogP contribution in [0.4, 0.5) is 5.69 Å². The van der Waals surface area contributed by atoms with Crippen LogP contribution in [-0.2, 0) is 11.2 Å². The van der Waals surface area contributed by atoms with Gasteiger partial charge in [-0.15, -0.1) is 0 Å². The van der Waals surface area contributed by atoms with Crippen molar-refractivity contribution in [3.63, 3.8) is 0 Å². The first-order chi connectivity index (χ1) is 13.7. The molecule has 0 spiro atoms. The summed E-state index contributed by atoms with van der Waals surface area (Å²) in [5.41, 5.74) is 2.29. The van der Waals surface area contributed by atoms with Crippen LogP contribution in [0.3, 0.4) is 0 Å². The van der Waals surface area contributed by atoms with Crippen molar-refractivity contribution >= 4 is 28.3 Å². The smallest absolute Gasteiger partial charge is 0.253 e. The Balaban J connectivity index is 1.46. The molecule has 2 amide bonds. The van der Waals surface area contributed by atoms with E-state index in [-0.39, 0.29) is 11.8 Å². The molecule has 4 rings (SSSR count). The lowest BCUT2D eigenvalue weighted by Crippen LogP contribution is -2.35. The molecule has 3 aromatic carbocycles. The predicted molar refractivity (Wildman–Crippen MR) is 112 cm³/mol. The second-order valence-electron chi connectivity index (χ2n) is 7.30. The molecule has 0 atom stereocenters. The number of benzene rings is 3. The molecule has 0 unspecified atom stereocenters. The number of likely N-dealkylation sites (tertiary alicyclic amines) is 1. The maximum Gasteiger partial charge on any atom is 0.253 e. The number of carbonyl (C=O) groups is 2. The molecule has 0 radical (unpaired) electrons. The van der Waals surface area contributed by atoms with Gasteiger partial charge in [-0.25, -0.2) is 0 Å². The van der Waals surface area contributed by atoms with Gasteiger partial charge in [0.05, 0.1) is 6.42 Å². The number of hydrogen-bond donors (Lipinski definition) is 1. The maximum absolute atomic E-state index is 12.7. The number of amides is 2. The zero-order valence-corrected chi connectivity index (χ0v) is 15.9. The highest BCUT2D eigenvalue weighted by Gasteiger charge is 2.18. The number of nitrogens with zero attached hydrogens (tertiary/aromatic N) is 1. The lowest BCUT2D eigenvalue weighted by atomic mass is 10.0.